The Hall–Kier alpha value is -4.08. The number of aryl methyl sites for hydroxylation is 2. The van der Waals surface area contributed by atoms with Gasteiger partial charge in [-0.3, -0.25) is 25.0 Å². The van der Waals surface area contributed by atoms with Gasteiger partial charge in [0.15, 0.2) is 5.82 Å². The van der Waals surface area contributed by atoms with Crippen molar-refractivity contribution < 1.29 is 14.5 Å². The van der Waals surface area contributed by atoms with E-state index < -0.39 is 16.9 Å². The van der Waals surface area contributed by atoms with Gasteiger partial charge in [-0.25, -0.2) is 4.68 Å². The first-order valence-electron chi connectivity index (χ1n) is 9.21. The van der Waals surface area contributed by atoms with Gasteiger partial charge in [0.25, 0.3) is 11.6 Å². The van der Waals surface area contributed by atoms with Crippen molar-refractivity contribution in [3.8, 4) is 11.4 Å². The van der Waals surface area contributed by atoms with E-state index in [1.807, 2.05) is 31.2 Å². The number of benzene rings is 2. The number of aromatic nitrogens is 3. The minimum atomic E-state index is -0.856. The maximum atomic E-state index is 12.5. The van der Waals surface area contributed by atoms with Crippen LogP contribution in [-0.4, -0.2) is 31.5 Å². The summed E-state index contributed by atoms with van der Waals surface area (Å²) in [6.07, 6.45) is -0.183. The second-order valence-electron chi connectivity index (χ2n) is 7.08. The van der Waals surface area contributed by atoms with Crippen LogP contribution in [0.5, 0.6) is 0 Å². The molecule has 1 aromatic heterocycles. The molecule has 10 heteroatoms. The lowest BCUT2D eigenvalue weighted by Crippen LogP contribution is -2.24. The average Bonchev–Trinajstić information content (AvgIpc) is 3.22. The minimum Gasteiger partial charge on any atom is -0.326 e. The highest BCUT2D eigenvalue weighted by atomic mass is 16.6. The maximum absolute atomic E-state index is 12.5. The number of nitrogens with one attached hydrogen (secondary N) is 2. The van der Waals surface area contributed by atoms with Crippen molar-refractivity contribution in [1.82, 2.24) is 14.8 Å². The lowest BCUT2D eigenvalue weighted by Gasteiger charge is -2.11. The van der Waals surface area contributed by atoms with E-state index in [1.165, 1.54) is 16.8 Å². The van der Waals surface area contributed by atoms with Gasteiger partial charge in [0.05, 0.1) is 17.0 Å². The first-order valence-corrected chi connectivity index (χ1v) is 9.21. The van der Waals surface area contributed by atoms with E-state index in [-0.39, 0.29) is 24.0 Å². The number of amides is 2. The average molecular weight is 406 g/mol. The number of non-ortho nitro benzene ring substituents is 1. The van der Waals surface area contributed by atoms with Crippen molar-refractivity contribution in [2.75, 3.05) is 10.6 Å². The van der Waals surface area contributed by atoms with Crippen molar-refractivity contribution in [1.29, 1.82) is 0 Å². The summed E-state index contributed by atoms with van der Waals surface area (Å²) < 4.78 is 1.40. The maximum Gasteiger partial charge on any atom is 0.271 e. The molecule has 152 valence electrons. The van der Waals surface area contributed by atoms with Gasteiger partial charge in [-0.05, 0) is 19.4 Å². The molecule has 30 heavy (non-hydrogen) atoms. The molecule has 0 spiro atoms. The topological polar surface area (TPSA) is 132 Å². The zero-order valence-corrected chi connectivity index (χ0v) is 16.2. The molecule has 0 radical (unpaired) electrons. The fourth-order valence-corrected chi connectivity index (χ4v) is 3.17. The van der Waals surface area contributed by atoms with Gasteiger partial charge < -0.3 is 5.32 Å². The number of nitrogens with zero attached hydrogens (tertiary/aromatic N) is 4. The van der Waals surface area contributed by atoms with Crippen molar-refractivity contribution in [3.63, 3.8) is 0 Å². The van der Waals surface area contributed by atoms with Crippen molar-refractivity contribution in [2.24, 2.45) is 0 Å². The molecule has 2 aromatic carbocycles. The van der Waals surface area contributed by atoms with Gasteiger partial charge in [-0.1, -0.05) is 35.9 Å². The normalized spacial score (nSPS) is 14.9. The van der Waals surface area contributed by atoms with E-state index in [0.29, 0.717) is 17.1 Å². The van der Waals surface area contributed by atoms with E-state index >= 15 is 0 Å². The van der Waals surface area contributed by atoms with Crippen LogP contribution in [0.2, 0.25) is 0 Å². The molecule has 0 unspecified atom stereocenters. The molecular formula is C20H18N6O4. The van der Waals surface area contributed by atoms with Crippen molar-refractivity contribution in [3.05, 3.63) is 63.7 Å². The monoisotopic (exact) mass is 406 g/mol. The van der Waals surface area contributed by atoms with Crippen LogP contribution in [0.25, 0.3) is 11.4 Å². The van der Waals surface area contributed by atoms with Crippen LogP contribution in [0.15, 0.2) is 42.5 Å². The summed E-state index contributed by atoms with van der Waals surface area (Å²) in [4.78, 5) is 39.6. The van der Waals surface area contributed by atoms with Crippen molar-refractivity contribution in [2.45, 2.75) is 26.3 Å². The van der Waals surface area contributed by atoms with Gasteiger partial charge in [0.2, 0.25) is 11.9 Å². The van der Waals surface area contributed by atoms with Crippen LogP contribution in [0, 0.1) is 24.0 Å². The third-order valence-electron chi connectivity index (χ3n) is 4.86. The van der Waals surface area contributed by atoms with E-state index in [0.717, 1.165) is 11.1 Å². The Morgan fingerprint density at radius 1 is 1.23 bits per heavy atom. The Morgan fingerprint density at radius 2 is 1.97 bits per heavy atom. The second kappa shape index (κ2) is 7.39. The standard InChI is InChI=1S/C20H18N6O4/c1-11-3-6-13(7-4-11)18-22-20-23-19(28)16(25(20)24-18)10-17(27)21-15-9-14(26(29)30)8-5-12(15)2/h3-9,16H,10H2,1-2H3,(H,21,27)(H,22,23,24,28)/t16-/m1/s1. The van der Waals surface area contributed by atoms with Gasteiger partial charge in [-0.2, -0.15) is 4.98 Å². The number of carbonyl (C=O) groups excluding carboxylic acids is 2. The molecule has 1 atom stereocenters. The molecular weight excluding hydrogens is 388 g/mol. The molecule has 3 aromatic rings. The fourth-order valence-electron chi connectivity index (χ4n) is 3.17. The molecule has 0 saturated heterocycles. The minimum absolute atomic E-state index is 0.129. The third kappa shape index (κ3) is 3.62. The molecule has 1 aliphatic rings. The molecule has 1 aliphatic heterocycles. The number of hydrogen-bond acceptors (Lipinski definition) is 6. The summed E-state index contributed by atoms with van der Waals surface area (Å²) in [5.41, 5.74) is 2.77. The molecule has 0 bridgehead atoms. The van der Waals surface area contributed by atoms with Gasteiger partial charge in [0.1, 0.15) is 6.04 Å². The highest BCUT2D eigenvalue weighted by Crippen LogP contribution is 2.29. The van der Waals surface area contributed by atoms with Crippen LogP contribution in [-0.2, 0) is 9.59 Å². The summed E-state index contributed by atoms with van der Waals surface area (Å²) in [7, 11) is 0. The largest absolute Gasteiger partial charge is 0.326 e. The Bertz CT molecular complexity index is 1170. The summed E-state index contributed by atoms with van der Waals surface area (Å²) in [5.74, 6) is -0.116. The smallest absolute Gasteiger partial charge is 0.271 e. The van der Waals surface area contributed by atoms with E-state index in [9.17, 15) is 19.7 Å². The predicted octanol–water partition coefficient (Wildman–Crippen LogP) is 2.99. The molecule has 2 heterocycles. The first kappa shape index (κ1) is 19.2. The van der Waals surface area contributed by atoms with E-state index in [4.69, 9.17) is 0 Å². The van der Waals surface area contributed by atoms with E-state index in [2.05, 4.69) is 20.7 Å². The predicted molar refractivity (Wildman–Crippen MR) is 109 cm³/mol. The third-order valence-corrected chi connectivity index (χ3v) is 4.86. The van der Waals surface area contributed by atoms with Gasteiger partial charge in [-0.15, -0.1) is 5.10 Å². The lowest BCUT2D eigenvalue weighted by atomic mass is 10.1. The Balaban J connectivity index is 1.53. The molecule has 2 amide bonds. The number of rotatable bonds is 5. The molecule has 0 fully saturated rings. The fraction of sp³-hybridized carbons (Fsp3) is 0.200. The number of fused-ring (bicyclic) bond motifs is 1. The Kier molecular flexibility index (Phi) is 4.74. The SMILES string of the molecule is Cc1ccc(-c2nc3n(n2)[C@H](CC(=O)Nc2cc([N+](=O)[O-])ccc2C)C(=O)N3)cc1. The molecule has 4 rings (SSSR count). The number of hydrogen-bond donors (Lipinski definition) is 2. The second-order valence-corrected chi connectivity index (χ2v) is 7.08. The van der Waals surface area contributed by atoms with Crippen LogP contribution < -0.4 is 10.6 Å². The zero-order valence-electron chi connectivity index (χ0n) is 16.2. The molecule has 0 saturated carbocycles. The number of nitro benzene ring substituents is 1. The number of carbonyl (C=O) groups is 2. The molecule has 0 aliphatic carbocycles. The molecule has 2 N–H and O–H groups in total. The molecule has 10 nitrogen and oxygen atoms in total. The van der Waals surface area contributed by atoms with E-state index in [1.54, 1.807) is 13.0 Å². The summed E-state index contributed by atoms with van der Waals surface area (Å²) in [5, 5.41) is 20.6. The first-order chi connectivity index (χ1) is 14.3. The zero-order chi connectivity index (χ0) is 21.4. The van der Waals surface area contributed by atoms with Gasteiger partial charge >= 0.3 is 0 Å². The highest BCUT2D eigenvalue weighted by Gasteiger charge is 2.35. The van der Waals surface area contributed by atoms with Crippen LogP contribution in [0.1, 0.15) is 23.6 Å². The Morgan fingerprint density at radius 3 is 2.67 bits per heavy atom. The quantitative estimate of drug-likeness (QED) is 0.494. The number of anilines is 2. The van der Waals surface area contributed by atoms with Crippen molar-refractivity contribution >= 4 is 29.1 Å². The summed E-state index contributed by atoms with van der Waals surface area (Å²) >= 11 is 0. The highest BCUT2D eigenvalue weighted by molar-refractivity contribution is 6.01. The number of nitro groups is 1. The van der Waals surface area contributed by atoms with Crippen LogP contribution in [0.4, 0.5) is 17.3 Å². The van der Waals surface area contributed by atoms with Crippen LogP contribution >= 0.6 is 0 Å². The van der Waals surface area contributed by atoms with Gasteiger partial charge in [0, 0.05) is 17.7 Å². The lowest BCUT2D eigenvalue weighted by molar-refractivity contribution is -0.384. The van der Waals surface area contributed by atoms with Crippen LogP contribution in [0.3, 0.4) is 0 Å². The Labute approximate surface area is 171 Å². The summed E-state index contributed by atoms with van der Waals surface area (Å²) in [6, 6.07) is 11.0. The summed E-state index contributed by atoms with van der Waals surface area (Å²) in [6.45, 7) is 3.70.